The van der Waals surface area contributed by atoms with Crippen molar-refractivity contribution in [3.63, 3.8) is 0 Å². The lowest BCUT2D eigenvalue weighted by atomic mass is 10.1. The number of furan rings is 1. The molecule has 1 amide bonds. The summed E-state index contributed by atoms with van der Waals surface area (Å²) in [6.07, 6.45) is 1.66. The third-order valence-electron chi connectivity index (χ3n) is 5.13. The van der Waals surface area contributed by atoms with Gasteiger partial charge in [0.05, 0.1) is 15.5 Å². The minimum Gasteiger partial charge on any atom is -0.457 e. The third-order valence-corrected chi connectivity index (χ3v) is 7.09. The van der Waals surface area contributed by atoms with E-state index in [0.717, 1.165) is 16.5 Å². The summed E-state index contributed by atoms with van der Waals surface area (Å²) in [7, 11) is 0. The number of benzene rings is 3. The van der Waals surface area contributed by atoms with Gasteiger partial charge < -0.3 is 4.42 Å². The van der Waals surface area contributed by atoms with Crippen LogP contribution in [0.15, 0.2) is 86.6 Å². The summed E-state index contributed by atoms with van der Waals surface area (Å²) >= 11 is 10.1. The lowest BCUT2D eigenvalue weighted by molar-refractivity contribution is -0.384. The lowest BCUT2D eigenvalue weighted by Crippen LogP contribution is -2.27. The van der Waals surface area contributed by atoms with Crippen LogP contribution in [0.3, 0.4) is 0 Å². The Bertz CT molecular complexity index is 1490. The van der Waals surface area contributed by atoms with Crippen LogP contribution in [0.2, 0.25) is 0 Å². The van der Waals surface area contributed by atoms with Gasteiger partial charge in [0, 0.05) is 33.6 Å². The minimum absolute atomic E-state index is 0.0190. The molecule has 5 rings (SSSR count). The van der Waals surface area contributed by atoms with Gasteiger partial charge in [-0.25, -0.2) is 0 Å². The number of nitrogens with zero attached hydrogens (tertiary/aromatic N) is 2. The van der Waals surface area contributed by atoms with Crippen molar-refractivity contribution in [2.45, 2.75) is 0 Å². The average Bonchev–Trinajstić information content (AvgIpc) is 3.37. The van der Waals surface area contributed by atoms with E-state index in [2.05, 4.69) is 15.9 Å². The number of non-ortho nitro benzene ring substituents is 1. The molecule has 6 nitrogen and oxygen atoms in total. The Labute approximate surface area is 206 Å². The fraction of sp³-hybridized carbons (Fsp3) is 0. The summed E-state index contributed by atoms with van der Waals surface area (Å²) < 4.78 is 6.90. The quantitative estimate of drug-likeness (QED) is 0.119. The first kappa shape index (κ1) is 21.6. The number of amides is 1. The molecule has 0 spiro atoms. The number of carbonyl (C=O) groups is 1. The van der Waals surface area contributed by atoms with E-state index < -0.39 is 4.92 Å². The fourth-order valence-electron chi connectivity index (χ4n) is 3.60. The van der Waals surface area contributed by atoms with Crippen LogP contribution in [-0.2, 0) is 4.79 Å². The first-order chi connectivity index (χ1) is 15.9. The number of hydrogen-bond acceptors (Lipinski definition) is 6. The highest BCUT2D eigenvalue weighted by Gasteiger charge is 2.34. The van der Waals surface area contributed by atoms with Crippen LogP contribution >= 0.6 is 39.9 Å². The standard InChI is InChI=1S/C24H13BrN2O4S2/c25-19-12-15(27(29)30)8-10-18(19)21-11-9-16(31-21)13-22-23(28)26(24(32)33-22)20-7-3-5-14-4-1-2-6-17(14)20/h1-13H/b22-13-. The van der Waals surface area contributed by atoms with Gasteiger partial charge in [-0.3, -0.25) is 19.8 Å². The minimum atomic E-state index is -0.458. The number of thioether (sulfide) groups is 1. The summed E-state index contributed by atoms with van der Waals surface area (Å²) in [5, 5.41) is 12.9. The van der Waals surface area contributed by atoms with Gasteiger partial charge in [0.1, 0.15) is 11.5 Å². The molecule has 0 atom stereocenters. The summed E-state index contributed by atoms with van der Waals surface area (Å²) in [6, 6.07) is 21.6. The molecule has 1 fully saturated rings. The van der Waals surface area contributed by atoms with Crippen molar-refractivity contribution in [3.05, 3.63) is 98.0 Å². The van der Waals surface area contributed by atoms with E-state index in [-0.39, 0.29) is 11.6 Å². The number of hydrogen-bond donors (Lipinski definition) is 0. The first-order valence-electron chi connectivity index (χ1n) is 9.72. The molecule has 1 aromatic heterocycles. The maximum Gasteiger partial charge on any atom is 0.270 e. The first-order valence-corrected chi connectivity index (χ1v) is 11.7. The molecule has 0 unspecified atom stereocenters. The number of thiocarbonyl (C=S) groups is 1. The number of nitro groups is 1. The van der Waals surface area contributed by atoms with Crippen LogP contribution < -0.4 is 4.90 Å². The van der Waals surface area contributed by atoms with E-state index in [0.29, 0.717) is 30.8 Å². The zero-order valence-corrected chi connectivity index (χ0v) is 19.9. The van der Waals surface area contributed by atoms with Crippen LogP contribution in [0.25, 0.3) is 28.2 Å². The van der Waals surface area contributed by atoms with E-state index in [9.17, 15) is 14.9 Å². The topological polar surface area (TPSA) is 76.6 Å². The van der Waals surface area contributed by atoms with Gasteiger partial charge >= 0.3 is 0 Å². The maximum atomic E-state index is 13.2. The number of nitro benzene ring substituents is 1. The molecule has 9 heteroatoms. The lowest BCUT2D eigenvalue weighted by Gasteiger charge is -2.17. The summed E-state index contributed by atoms with van der Waals surface area (Å²) in [5.74, 6) is 0.789. The molecule has 4 aromatic rings. The Morgan fingerprint density at radius 1 is 1.06 bits per heavy atom. The second-order valence-corrected chi connectivity index (χ2v) is 9.67. The molecule has 1 saturated heterocycles. The third kappa shape index (κ3) is 3.99. The summed E-state index contributed by atoms with van der Waals surface area (Å²) in [6.45, 7) is 0. The largest absolute Gasteiger partial charge is 0.457 e. The van der Waals surface area contributed by atoms with E-state index >= 15 is 0 Å². The number of fused-ring (bicyclic) bond motifs is 1. The Morgan fingerprint density at radius 2 is 1.85 bits per heavy atom. The molecule has 33 heavy (non-hydrogen) atoms. The van der Waals surface area contributed by atoms with Gasteiger partial charge in [-0.15, -0.1) is 0 Å². The van der Waals surface area contributed by atoms with Crippen molar-refractivity contribution in [1.29, 1.82) is 0 Å². The average molecular weight is 537 g/mol. The zero-order chi connectivity index (χ0) is 23.1. The van der Waals surface area contributed by atoms with Gasteiger partial charge in [0.15, 0.2) is 4.32 Å². The second kappa shape index (κ2) is 8.58. The van der Waals surface area contributed by atoms with Crippen molar-refractivity contribution in [2.75, 3.05) is 4.90 Å². The van der Waals surface area contributed by atoms with Crippen LogP contribution in [-0.4, -0.2) is 15.2 Å². The van der Waals surface area contributed by atoms with E-state index in [1.807, 2.05) is 42.5 Å². The molecule has 1 aliphatic heterocycles. The normalized spacial score (nSPS) is 15.1. The fourth-order valence-corrected chi connectivity index (χ4v) is 5.43. The predicted molar refractivity (Wildman–Crippen MR) is 138 cm³/mol. The van der Waals surface area contributed by atoms with Crippen LogP contribution in [0.5, 0.6) is 0 Å². The molecular weight excluding hydrogens is 524 g/mol. The molecule has 0 N–H and O–H groups in total. The van der Waals surface area contributed by atoms with Crippen molar-refractivity contribution < 1.29 is 14.1 Å². The second-order valence-electron chi connectivity index (χ2n) is 7.14. The SMILES string of the molecule is O=C1/C(=C/c2ccc(-c3ccc([N+](=O)[O-])cc3Br)o2)SC(=S)N1c1cccc2ccccc12. The Morgan fingerprint density at radius 3 is 2.64 bits per heavy atom. The van der Waals surface area contributed by atoms with Gasteiger partial charge in [-0.1, -0.05) is 60.4 Å². The van der Waals surface area contributed by atoms with Crippen molar-refractivity contribution in [1.82, 2.24) is 0 Å². The van der Waals surface area contributed by atoms with Gasteiger partial charge in [0.2, 0.25) is 0 Å². The maximum absolute atomic E-state index is 13.2. The Hall–Kier alpha value is -3.27. The number of halogens is 1. The molecule has 2 heterocycles. The monoisotopic (exact) mass is 536 g/mol. The van der Waals surface area contributed by atoms with Gasteiger partial charge in [-0.05, 0) is 45.6 Å². The predicted octanol–water partition coefficient (Wildman–Crippen LogP) is 7.18. The molecule has 0 aliphatic carbocycles. The molecule has 1 aliphatic rings. The molecule has 0 radical (unpaired) electrons. The zero-order valence-electron chi connectivity index (χ0n) is 16.7. The Balaban J connectivity index is 1.46. The number of carbonyl (C=O) groups excluding carboxylic acids is 1. The van der Waals surface area contributed by atoms with E-state index in [1.54, 1.807) is 29.2 Å². The molecular formula is C24H13BrN2O4S2. The number of anilines is 1. The van der Waals surface area contributed by atoms with Crippen molar-refractivity contribution in [3.8, 4) is 11.3 Å². The highest BCUT2D eigenvalue weighted by molar-refractivity contribution is 9.10. The molecule has 162 valence electrons. The van der Waals surface area contributed by atoms with Crippen molar-refractivity contribution in [2.24, 2.45) is 0 Å². The van der Waals surface area contributed by atoms with Crippen LogP contribution in [0, 0.1) is 10.1 Å². The molecule has 0 saturated carbocycles. The highest BCUT2D eigenvalue weighted by atomic mass is 79.9. The molecule has 0 bridgehead atoms. The van der Waals surface area contributed by atoms with Crippen LogP contribution in [0.1, 0.15) is 5.76 Å². The van der Waals surface area contributed by atoms with Crippen LogP contribution in [0.4, 0.5) is 11.4 Å². The molecule has 3 aromatic carbocycles. The van der Waals surface area contributed by atoms with Gasteiger partial charge in [0.25, 0.3) is 11.6 Å². The van der Waals surface area contributed by atoms with Gasteiger partial charge in [-0.2, -0.15) is 0 Å². The van der Waals surface area contributed by atoms with E-state index in [4.69, 9.17) is 16.6 Å². The smallest absolute Gasteiger partial charge is 0.270 e. The highest BCUT2D eigenvalue weighted by Crippen LogP contribution is 2.39. The van der Waals surface area contributed by atoms with Crippen molar-refractivity contribution >= 4 is 78.4 Å². The summed E-state index contributed by atoms with van der Waals surface area (Å²) in [4.78, 5) is 25.7. The summed E-state index contributed by atoms with van der Waals surface area (Å²) in [5.41, 5.74) is 1.40. The number of rotatable bonds is 4. The van der Waals surface area contributed by atoms with E-state index in [1.165, 1.54) is 23.9 Å². The Kier molecular flexibility index (Phi) is 5.61.